The fraction of sp³-hybridized carbons (Fsp3) is 0.0345. The predicted octanol–water partition coefficient (Wildman–Crippen LogP) is 9.00. The highest BCUT2D eigenvalue weighted by atomic mass is 79.9. The maximum atomic E-state index is 3.60. The Labute approximate surface area is 200 Å². The summed E-state index contributed by atoms with van der Waals surface area (Å²) in [7, 11) is 0. The van der Waals surface area contributed by atoms with Crippen LogP contribution in [0.15, 0.2) is 124 Å². The van der Waals surface area contributed by atoms with Crippen molar-refractivity contribution in [1.82, 2.24) is 0 Å². The van der Waals surface area contributed by atoms with Crippen LogP contribution in [0.4, 0.5) is 0 Å². The SMILES string of the molecule is Brc1ccc(C2=C(c3ccc(Br)cc3)C(c3ccccc3)C=C2c2ccccc2)cc1. The molecule has 0 saturated carbocycles. The molecule has 1 aliphatic carbocycles. The molecule has 0 radical (unpaired) electrons. The van der Waals surface area contributed by atoms with Crippen LogP contribution in [-0.4, -0.2) is 0 Å². The second kappa shape index (κ2) is 8.82. The van der Waals surface area contributed by atoms with Gasteiger partial charge in [0.1, 0.15) is 0 Å². The van der Waals surface area contributed by atoms with E-state index in [1.165, 1.54) is 39.0 Å². The Bertz CT molecular complexity index is 1250. The topological polar surface area (TPSA) is 0 Å². The maximum Gasteiger partial charge on any atom is 0.0291 e. The van der Waals surface area contributed by atoms with Gasteiger partial charge in [-0.25, -0.2) is 0 Å². The Balaban J connectivity index is 1.81. The minimum Gasteiger partial charge on any atom is -0.0641 e. The zero-order valence-corrected chi connectivity index (χ0v) is 20.0. The van der Waals surface area contributed by atoms with Crippen molar-refractivity contribution < 1.29 is 0 Å². The summed E-state index contributed by atoms with van der Waals surface area (Å²) >= 11 is 7.19. The van der Waals surface area contributed by atoms with Gasteiger partial charge in [-0.1, -0.05) is 123 Å². The maximum absolute atomic E-state index is 3.60. The summed E-state index contributed by atoms with van der Waals surface area (Å²) in [6.45, 7) is 0. The van der Waals surface area contributed by atoms with Crippen LogP contribution in [0.25, 0.3) is 16.7 Å². The number of hydrogen-bond donors (Lipinski definition) is 0. The number of benzene rings is 4. The van der Waals surface area contributed by atoms with E-state index in [9.17, 15) is 0 Å². The van der Waals surface area contributed by atoms with Crippen molar-refractivity contribution in [3.63, 3.8) is 0 Å². The van der Waals surface area contributed by atoms with Crippen LogP contribution in [0.1, 0.15) is 28.2 Å². The molecule has 5 rings (SSSR count). The van der Waals surface area contributed by atoms with E-state index in [-0.39, 0.29) is 5.92 Å². The third-order valence-electron chi connectivity index (χ3n) is 5.71. The molecule has 0 N–H and O–H groups in total. The molecule has 1 aliphatic rings. The Morgan fingerprint density at radius 3 is 1.58 bits per heavy atom. The zero-order chi connectivity index (χ0) is 21.2. The normalized spacial score (nSPS) is 15.8. The molecule has 0 nitrogen and oxygen atoms in total. The lowest BCUT2D eigenvalue weighted by Crippen LogP contribution is -1.98. The highest BCUT2D eigenvalue weighted by Gasteiger charge is 2.30. The first-order valence-electron chi connectivity index (χ1n) is 10.3. The Morgan fingerprint density at radius 2 is 1.00 bits per heavy atom. The van der Waals surface area contributed by atoms with Gasteiger partial charge < -0.3 is 0 Å². The molecule has 4 aromatic carbocycles. The standard InChI is InChI=1S/C29H20Br2/c30-24-15-11-22(12-16-24)28-26(20-7-3-1-4-8-20)19-27(21-9-5-2-6-10-21)29(28)23-13-17-25(31)18-14-23/h1-19,26H. The quantitative estimate of drug-likeness (QED) is 0.248. The van der Waals surface area contributed by atoms with Crippen LogP contribution in [0.5, 0.6) is 0 Å². The molecule has 0 aliphatic heterocycles. The van der Waals surface area contributed by atoms with Crippen molar-refractivity contribution in [3.05, 3.63) is 146 Å². The highest BCUT2D eigenvalue weighted by Crippen LogP contribution is 2.51. The molecule has 4 aromatic rings. The van der Waals surface area contributed by atoms with E-state index in [4.69, 9.17) is 0 Å². The van der Waals surface area contributed by atoms with Crippen molar-refractivity contribution >= 4 is 48.6 Å². The lowest BCUT2D eigenvalue weighted by atomic mass is 9.85. The van der Waals surface area contributed by atoms with E-state index in [0.29, 0.717) is 0 Å². The zero-order valence-electron chi connectivity index (χ0n) is 16.8. The number of allylic oxidation sites excluding steroid dienone is 4. The summed E-state index contributed by atoms with van der Waals surface area (Å²) < 4.78 is 2.18. The van der Waals surface area contributed by atoms with Gasteiger partial charge in [0, 0.05) is 14.9 Å². The molecule has 0 bridgehead atoms. The van der Waals surface area contributed by atoms with Crippen LogP contribution >= 0.6 is 31.9 Å². The molecule has 150 valence electrons. The van der Waals surface area contributed by atoms with Gasteiger partial charge in [0.05, 0.1) is 0 Å². The van der Waals surface area contributed by atoms with E-state index in [1.807, 2.05) is 0 Å². The van der Waals surface area contributed by atoms with Gasteiger partial charge >= 0.3 is 0 Å². The van der Waals surface area contributed by atoms with Crippen molar-refractivity contribution in [2.75, 3.05) is 0 Å². The van der Waals surface area contributed by atoms with Gasteiger partial charge in [-0.05, 0) is 63.2 Å². The number of hydrogen-bond acceptors (Lipinski definition) is 0. The molecule has 31 heavy (non-hydrogen) atoms. The van der Waals surface area contributed by atoms with E-state index >= 15 is 0 Å². The molecular formula is C29H20Br2. The first-order chi connectivity index (χ1) is 15.2. The Morgan fingerprint density at radius 1 is 0.484 bits per heavy atom. The highest BCUT2D eigenvalue weighted by molar-refractivity contribution is 9.10. The average molecular weight is 528 g/mol. The first kappa shape index (κ1) is 20.2. The smallest absolute Gasteiger partial charge is 0.0291 e. The van der Waals surface area contributed by atoms with Crippen molar-refractivity contribution in [2.24, 2.45) is 0 Å². The first-order valence-corrected chi connectivity index (χ1v) is 11.9. The average Bonchev–Trinajstić information content (AvgIpc) is 3.22. The van der Waals surface area contributed by atoms with Gasteiger partial charge in [0.15, 0.2) is 0 Å². The largest absolute Gasteiger partial charge is 0.0641 e. The second-order valence-corrected chi connectivity index (χ2v) is 9.47. The third kappa shape index (κ3) is 4.11. The van der Waals surface area contributed by atoms with Gasteiger partial charge in [-0.3, -0.25) is 0 Å². The molecule has 2 heteroatoms. The fourth-order valence-electron chi connectivity index (χ4n) is 4.30. The van der Waals surface area contributed by atoms with Gasteiger partial charge in [0.2, 0.25) is 0 Å². The number of rotatable bonds is 4. The van der Waals surface area contributed by atoms with Crippen molar-refractivity contribution in [1.29, 1.82) is 0 Å². The van der Waals surface area contributed by atoms with Crippen LogP contribution in [0.2, 0.25) is 0 Å². The Kier molecular flexibility index (Phi) is 5.76. The summed E-state index contributed by atoms with van der Waals surface area (Å²) in [6, 6.07) is 38.9. The van der Waals surface area contributed by atoms with E-state index in [0.717, 1.165) is 8.95 Å². The molecule has 0 fully saturated rings. The second-order valence-electron chi connectivity index (χ2n) is 7.64. The third-order valence-corrected chi connectivity index (χ3v) is 6.77. The molecule has 0 amide bonds. The molecule has 0 spiro atoms. The van der Waals surface area contributed by atoms with Gasteiger partial charge in [-0.15, -0.1) is 0 Å². The van der Waals surface area contributed by atoms with E-state index in [2.05, 4.69) is 147 Å². The monoisotopic (exact) mass is 526 g/mol. The van der Waals surface area contributed by atoms with E-state index in [1.54, 1.807) is 0 Å². The van der Waals surface area contributed by atoms with Crippen LogP contribution in [0, 0.1) is 0 Å². The molecule has 1 atom stereocenters. The van der Waals surface area contributed by atoms with Crippen molar-refractivity contribution in [3.8, 4) is 0 Å². The number of halogens is 2. The summed E-state index contributed by atoms with van der Waals surface area (Å²) in [5.41, 5.74) is 8.96. The lowest BCUT2D eigenvalue weighted by Gasteiger charge is -2.18. The minimum atomic E-state index is 0.191. The van der Waals surface area contributed by atoms with Crippen LogP contribution < -0.4 is 0 Å². The van der Waals surface area contributed by atoms with Crippen molar-refractivity contribution in [2.45, 2.75) is 5.92 Å². The molecule has 0 saturated heterocycles. The molecule has 0 aromatic heterocycles. The predicted molar refractivity (Wildman–Crippen MR) is 139 cm³/mol. The summed E-state index contributed by atoms with van der Waals surface area (Å²) in [6.07, 6.45) is 2.43. The molecule has 0 heterocycles. The van der Waals surface area contributed by atoms with Gasteiger partial charge in [-0.2, -0.15) is 0 Å². The minimum absolute atomic E-state index is 0.191. The molecule has 1 unspecified atom stereocenters. The summed E-state index contributed by atoms with van der Waals surface area (Å²) in [5.74, 6) is 0.191. The van der Waals surface area contributed by atoms with E-state index < -0.39 is 0 Å². The summed E-state index contributed by atoms with van der Waals surface area (Å²) in [4.78, 5) is 0. The Hall–Kier alpha value is -2.68. The summed E-state index contributed by atoms with van der Waals surface area (Å²) in [5, 5.41) is 0. The lowest BCUT2D eigenvalue weighted by molar-refractivity contribution is 1.12. The fourth-order valence-corrected chi connectivity index (χ4v) is 4.83. The van der Waals surface area contributed by atoms with Crippen LogP contribution in [0.3, 0.4) is 0 Å². The molecular weight excluding hydrogens is 508 g/mol. The van der Waals surface area contributed by atoms with Gasteiger partial charge in [0.25, 0.3) is 0 Å². The van der Waals surface area contributed by atoms with Crippen LogP contribution in [-0.2, 0) is 0 Å².